The standard InChI is InChI=1S/C17H27N5O2/c23-17(18-12-13-6-5-11-24-13)21-9-3-1-7-14(21)16-20-19-15-8-2-4-10-22(15)16/h13-14H,1-12H2,(H,18,23). The predicted molar refractivity (Wildman–Crippen MR) is 88.6 cm³/mol. The molecule has 7 heteroatoms. The third-order valence-electron chi connectivity index (χ3n) is 5.45. The van der Waals surface area contributed by atoms with Crippen molar-refractivity contribution in [2.45, 2.75) is 70.1 Å². The zero-order valence-corrected chi connectivity index (χ0v) is 14.2. The molecule has 2 unspecified atom stereocenters. The third kappa shape index (κ3) is 3.14. The number of carbonyl (C=O) groups excluding carboxylic acids is 1. The number of amides is 2. The number of aryl methyl sites for hydroxylation is 1. The highest BCUT2D eigenvalue weighted by molar-refractivity contribution is 5.74. The third-order valence-corrected chi connectivity index (χ3v) is 5.45. The average Bonchev–Trinajstić information content (AvgIpc) is 3.29. The number of hydrogen-bond donors (Lipinski definition) is 1. The quantitative estimate of drug-likeness (QED) is 0.919. The summed E-state index contributed by atoms with van der Waals surface area (Å²) in [6.45, 7) is 3.21. The fourth-order valence-electron chi connectivity index (χ4n) is 4.13. The maximum atomic E-state index is 12.7. The van der Waals surface area contributed by atoms with Crippen LogP contribution in [0, 0.1) is 0 Å². The lowest BCUT2D eigenvalue weighted by Gasteiger charge is -2.35. The fourth-order valence-corrected chi connectivity index (χ4v) is 4.13. The second-order valence-electron chi connectivity index (χ2n) is 7.11. The summed E-state index contributed by atoms with van der Waals surface area (Å²) in [6.07, 6.45) is 8.87. The normalized spacial score (nSPS) is 27.1. The van der Waals surface area contributed by atoms with Crippen LogP contribution in [0.15, 0.2) is 0 Å². The molecule has 132 valence electrons. The summed E-state index contributed by atoms with van der Waals surface area (Å²) >= 11 is 0. The van der Waals surface area contributed by atoms with Gasteiger partial charge in [-0.05, 0) is 44.9 Å². The van der Waals surface area contributed by atoms with E-state index in [4.69, 9.17) is 4.74 Å². The van der Waals surface area contributed by atoms with E-state index in [2.05, 4.69) is 20.1 Å². The number of ether oxygens (including phenoxy) is 1. The summed E-state index contributed by atoms with van der Waals surface area (Å²) in [5.74, 6) is 2.07. The number of nitrogens with one attached hydrogen (secondary N) is 1. The average molecular weight is 333 g/mol. The SMILES string of the molecule is O=C(NCC1CCCO1)N1CCCCC1c1nnc2n1CCCC2. The van der Waals surface area contributed by atoms with Crippen LogP contribution in [-0.4, -0.2) is 51.5 Å². The highest BCUT2D eigenvalue weighted by Gasteiger charge is 2.33. The summed E-state index contributed by atoms with van der Waals surface area (Å²) in [6, 6.07) is 0.0750. The Balaban J connectivity index is 1.46. The summed E-state index contributed by atoms with van der Waals surface area (Å²) in [7, 11) is 0. The van der Waals surface area contributed by atoms with Crippen molar-refractivity contribution in [3.8, 4) is 0 Å². The van der Waals surface area contributed by atoms with Crippen LogP contribution in [0.25, 0.3) is 0 Å². The number of carbonyl (C=O) groups is 1. The molecule has 7 nitrogen and oxygen atoms in total. The van der Waals surface area contributed by atoms with Crippen LogP contribution < -0.4 is 5.32 Å². The molecule has 1 aromatic heterocycles. The van der Waals surface area contributed by atoms with E-state index >= 15 is 0 Å². The number of hydrogen-bond acceptors (Lipinski definition) is 4. The van der Waals surface area contributed by atoms with E-state index in [0.717, 1.165) is 69.9 Å². The van der Waals surface area contributed by atoms with E-state index < -0.39 is 0 Å². The molecular formula is C17H27N5O2. The van der Waals surface area contributed by atoms with Crippen molar-refractivity contribution in [3.05, 3.63) is 11.6 Å². The van der Waals surface area contributed by atoms with E-state index in [1.54, 1.807) is 0 Å². The van der Waals surface area contributed by atoms with Gasteiger partial charge in [0.15, 0.2) is 5.82 Å². The molecular weight excluding hydrogens is 306 g/mol. The van der Waals surface area contributed by atoms with E-state index in [1.165, 1.54) is 12.8 Å². The Labute approximate surface area is 142 Å². The summed E-state index contributed by atoms with van der Waals surface area (Å²) in [4.78, 5) is 14.7. The Bertz CT molecular complexity index is 582. The van der Waals surface area contributed by atoms with Gasteiger partial charge >= 0.3 is 6.03 Å². The van der Waals surface area contributed by atoms with Crippen LogP contribution in [0.5, 0.6) is 0 Å². The molecule has 1 aromatic rings. The second-order valence-corrected chi connectivity index (χ2v) is 7.11. The number of rotatable bonds is 3. The molecule has 2 atom stereocenters. The molecule has 0 radical (unpaired) electrons. The zero-order valence-electron chi connectivity index (χ0n) is 14.2. The van der Waals surface area contributed by atoms with Gasteiger partial charge in [0.05, 0.1) is 12.1 Å². The maximum absolute atomic E-state index is 12.7. The Morgan fingerprint density at radius 3 is 2.92 bits per heavy atom. The van der Waals surface area contributed by atoms with Crippen molar-refractivity contribution in [3.63, 3.8) is 0 Å². The lowest BCUT2D eigenvalue weighted by molar-refractivity contribution is 0.103. The first-order valence-electron chi connectivity index (χ1n) is 9.41. The zero-order chi connectivity index (χ0) is 16.4. The number of piperidine rings is 1. The van der Waals surface area contributed by atoms with Crippen molar-refractivity contribution in [1.82, 2.24) is 25.0 Å². The molecule has 1 N–H and O–H groups in total. The molecule has 0 aliphatic carbocycles. The van der Waals surface area contributed by atoms with Gasteiger partial charge in [-0.3, -0.25) is 0 Å². The van der Waals surface area contributed by atoms with Gasteiger partial charge in [-0.2, -0.15) is 0 Å². The fraction of sp³-hybridized carbons (Fsp3) is 0.824. The molecule has 2 amide bonds. The Morgan fingerprint density at radius 2 is 2.04 bits per heavy atom. The number of aromatic nitrogens is 3. The van der Waals surface area contributed by atoms with Crippen molar-refractivity contribution < 1.29 is 9.53 Å². The monoisotopic (exact) mass is 333 g/mol. The van der Waals surface area contributed by atoms with Gasteiger partial charge in [0.1, 0.15) is 5.82 Å². The first kappa shape index (κ1) is 15.9. The maximum Gasteiger partial charge on any atom is 0.318 e. The van der Waals surface area contributed by atoms with Crippen molar-refractivity contribution in [2.24, 2.45) is 0 Å². The van der Waals surface area contributed by atoms with Crippen molar-refractivity contribution >= 4 is 6.03 Å². The highest BCUT2D eigenvalue weighted by atomic mass is 16.5. The first-order chi connectivity index (χ1) is 11.8. The minimum atomic E-state index is 0.0170. The second kappa shape index (κ2) is 7.09. The summed E-state index contributed by atoms with van der Waals surface area (Å²) in [5.41, 5.74) is 0. The predicted octanol–water partition coefficient (Wildman–Crippen LogP) is 2.03. The molecule has 2 saturated heterocycles. The first-order valence-corrected chi connectivity index (χ1v) is 9.41. The Kier molecular flexibility index (Phi) is 4.69. The van der Waals surface area contributed by atoms with Gasteiger partial charge in [-0.1, -0.05) is 0 Å². The van der Waals surface area contributed by atoms with Gasteiger partial charge in [0.2, 0.25) is 0 Å². The van der Waals surface area contributed by atoms with Crippen LogP contribution in [0.4, 0.5) is 4.79 Å². The van der Waals surface area contributed by atoms with Crippen LogP contribution in [0.1, 0.15) is 62.6 Å². The van der Waals surface area contributed by atoms with Crippen LogP contribution in [-0.2, 0) is 17.7 Å². The number of urea groups is 1. The van der Waals surface area contributed by atoms with Crippen LogP contribution >= 0.6 is 0 Å². The lowest BCUT2D eigenvalue weighted by atomic mass is 10.0. The number of nitrogens with zero attached hydrogens (tertiary/aromatic N) is 4. The van der Waals surface area contributed by atoms with Gasteiger partial charge in [0, 0.05) is 32.7 Å². The lowest BCUT2D eigenvalue weighted by Crippen LogP contribution is -2.47. The van der Waals surface area contributed by atoms with E-state index in [-0.39, 0.29) is 18.2 Å². The minimum absolute atomic E-state index is 0.0170. The topological polar surface area (TPSA) is 72.3 Å². The Morgan fingerprint density at radius 1 is 1.12 bits per heavy atom. The Hall–Kier alpha value is -1.63. The summed E-state index contributed by atoms with van der Waals surface area (Å²) in [5, 5.41) is 11.9. The molecule has 24 heavy (non-hydrogen) atoms. The van der Waals surface area contributed by atoms with Gasteiger partial charge in [0.25, 0.3) is 0 Å². The van der Waals surface area contributed by atoms with Gasteiger partial charge in [-0.15, -0.1) is 10.2 Å². The molecule has 3 aliphatic heterocycles. The van der Waals surface area contributed by atoms with E-state index in [0.29, 0.717) is 6.54 Å². The highest BCUT2D eigenvalue weighted by Crippen LogP contribution is 2.31. The minimum Gasteiger partial charge on any atom is -0.376 e. The molecule has 3 aliphatic rings. The molecule has 0 saturated carbocycles. The molecule has 4 rings (SSSR count). The molecule has 0 bridgehead atoms. The largest absolute Gasteiger partial charge is 0.376 e. The molecule has 2 fully saturated rings. The van der Waals surface area contributed by atoms with E-state index in [1.807, 2.05) is 4.90 Å². The van der Waals surface area contributed by atoms with Gasteiger partial charge < -0.3 is 19.5 Å². The van der Waals surface area contributed by atoms with Crippen LogP contribution in [0.2, 0.25) is 0 Å². The summed E-state index contributed by atoms with van der Waals surface area (Å²) < 4.78 is 7.85. The number of likely N-dealkylation sites (tertiary alicyclic amines) is 1. The van der Waals surface area contributed by atoms with Crippen molar-refractivity contribution in [2.75, 3.05) is 19.7 Å². The smallest absolute Gasteiger partial charge is 0.318 e. The van der Waals surface area contributed by atoms with Crippen molar-refractivity contribution in [1.29, 1.82) is 0 Å². The number of fused-ring (bicyclic) bond motifs is 1. The van der Waals surface area contributed by atoms with Gasteiger partial charge in [-0.25, -0.2) is 4.79 Å². The molecule has 0 aromatic carbocycles. The molecule has 0 spiro atoms. The molecule has 4 heterocycles. The van der Waals surface area contributed by atoms with E-state index in [9.17, 15) is 4.79 Å². The van der Waals surface area contributed by atoms with Crippen LogP contribution in [0.3, 0.4) is 0 Å².